The zero-order valence-electron chi connectivity index (χ0n) is 15.0. The van der Waals surface area contributed by atoms with E-state index in [1.54, 1.807) is 12.1 Å². The van der Waals surface area contributed by atoms with Gasteiger partial charge in [0, 0.05) is 17.5 Å². The van der Waals surface area contributed by atoms with Gasteiger partial charge in [0.25, 0.3) is 11.6 Å². The summed E-state index contributed by atoms with van der Waals surface area (Å²) in [5.74, 6) is -1.06. The summed E-state index contributed by atoms with van der Waals surface area (Å²) in [4.78, 5) is 34.7. The normalized spacial score (nSPS) is 10.7. The van der Waals surface area contributed by atoms with E-state index in [9.17, 15) is 19.7 Å². The molecule has 0 fully saturated rings. The number of amides is 1. The van der Waals surface area contributed by atoms with Gasteiger partial charge in [0.1, 0.15) is 15.6 Å². The highest BCUT2D eigenvalue weighted by Crippen LogP contribution is 2.43. The van der Waals surface area contributed by atoms with Crippen molar-refractivity contribution in [3.8, 4) is 5.75 Å². The number of halogens is 3. The highest BCUT2D eigenvalue weighted by molar-refractivity contribution is 7.22. The van der Waals surface area contributed by atoms with Crippen molar-refractivity contribution >= 4 is 79.5 Å². The minimum absolute atomic E-state index is 0.0278. The Hall–Kier alpha value is -2.59. The van der Waals surface area contributed by atoms with E-state index in [0.29, 0.717) is 20.9 Å². The number of hydrogen-bond acceptors (Lipinski definition) is 7. The van der Waals surface area contributed by atoms with Crippen molar-refractivity contribution in [1.82, 2.24) is 0 Å². The zero-order chi connectivity index (χ0) is 22.0. The highest BCUT2D eigenvalue weighted by Gasteiger charge is 2.22. The predicted molar refractivity (Wildman–Crippen MR) is 115 cm³/mol. The summed E-state index contributed by atoms with van der Waals surface area (Å²) in [6.07, 6.45) is 0. The summed E-state index contributed by atoms with van der Waals surface area (Å²) in [6.45, 7) is -0.617. The number of carbonyl (C=O) groups excluding carboxylic acids is 2. The van der Waals surface area contributed by atoms with E-state index in [2.05, 4.69) is 5.32 Å². The number of nitro benzene ring substituents is 1. The Morgan fingerprint density at radius 2 is 1.90 bits per heavy atom. The molecule has 12 heteroatoms. The lowest BCUT2D eigenvalue weighted by Gasteiger charge is -2.07. The molecule has 0 aliphatic rings. The lowest BCUT2D eigenvalue weighted by molar-refractivity contribution is -0.384. The third kappa shape index (κ3) is 4.44. The topological polar surface area (TPSA) is 108 Å². The van der Waals surface area contributed by atoms with E-state index in [1.165, 1.54) is 19.2 Å². The van der Waals surface area contributed by atoms with Gasteiger partial charge in [-0.05, 0) is 18.2 Å². The molecule has 1 aromatic heterocycles. The van der Waals surface area contributed by atoms with Crippen LogP contribution >= 0.6 is 46.1 Å². The van der Waals surface area contributed by atoms with Crippen LogP contribution in [0.4, 0.5) is 11.4 Å². The van der Waals surface area contributed by atoms with Gasteiger partial charge >= 0.3 is 5.97 Å². The second-order valence-electron chi connectivity index (χ2n) is 5.75. The number of rotatable bonds is 6. The molecule has 3 rings (SSSR count). The van der Waals surface area contributed by atoms with E-state index in [4.69, 9.17) is 44.3 Å². The van der Waals surface area contributed by atoms with Crippen LogP contribution in [0.2, 0.25) is 15.1 Å². The molecule has 8 nitrogen and oxygen atoms in total. The molecule has 1 amide bonds. The van der Waals surface area contributed by atoms with Crippen LogP contribution in [-0.2, 0) is 9.53 Å². The number of nitro groups is 1. The van der Waals surface area contributed by atoms with E-state index in [-0.39, 0.29) is 26.3 Å². The van der Waals surface area contributed by atoms with E-state index < -0.39 is 23.4 Å². The summed E-state index contributed by atoms with van der Waals surface area (Å²) in [7, 11) is 1.47. The number of benzene rings is 2. The molecule has 0 unspecified atom stereocenters. The summed E-state index contributed by atoms with van der Waals surface area (Å²) in [5, 5.41) is 14.1. The van der Waals surface area contributed by atoms with E-state index in [1.807, 2.05) is 0 Å². The Bertz CT molecular complexity index is 1180. The van der Waals surface area contributed by atoms with Gasteiger partial charge in [0.2, 0.25) is 0 Å². The van der Waals surface area contributed by atoms with Crippen molar-refractivity contribution in [2.24, 2.45) is 0 Å². The van der Waals surface area contributed by atoms with Gasteiger partial charge in [-0.3, -0.25) is 14.9 Å². The number of anilines is 1. The van der Waals surface area contributed by atoms with Crippen LogP contribution in [0.5, 0.6) is 5.75 Å². The van der Waals surface area contributed by atoms with Crippen LogP contribution in [0, 0.1) is 10.1 Å². The Morgan fingerprint density at radius 3 is 2.53 bits per heavy atom. The summed E-state index contributed by atoms with van der Waals surface area (Å²) in [6, 6.07) is 6.85. The molecule has 3 aromatic rings. The minimum Gasteiger partial charge on any atom is -0.495 e. The van der Waals surface area contributed by atoms with Crippen molar-refractivity contribution in [2.45, 2.75) is 0 Å². The first-order valence-electron chi connectivity index (χ1n) is 8.08. The second kappa shape index (κ2) is 9.05. The van der Waals surface area contributed by atoms with Gasteiger partial charge in [-0.15, -0.1) is 11.3 Å². The molecule has 30 heavy (non-hydrogen) atoms. The largest absolute Gasteiger partial charge is 0.495 e. The fraction of sp³-hybridized carbons (Fsp3) is 0.111. The number of non-ortho nitro benzene ring substituents is 1. The SMILES string of the molecule is COc1ccc2c(Cl)c(C(=O)OCC(=O)Nc3ccc([N+](=O)[O-])cc3Cl)sc2c1Cl. The standard InChI is InChI=1S/C18H11Cl3N2O6S/c1-28-12-5-3-9-14(20)17(30-16(9)15(12)21)18(25)29-7-13(24)22-11-4-2-8(23(26)27)6-10(11)19/h2-6H,7H2,1H3,(H,22,24). The van der Waals surface area contributed by atoms with Crippen LogP contribution in [0.1, 0.15) is 9.67 Å². The molecule has 0 saturated heterocycles. The summed E-state index contributed by atoms with van der Waals surface area (Å²) >= 11 is 19.4. The van der Waals surface area contributed by atoms with Crippen molar-refractivity contribution in [2.75, 3.05) is 19.0 Å². The molecule has 156 valence electrons. The van der Waals surface area contributed by atoms with Gasteiger partial charge in [-0.1, -0.05) is 34.8 Å². The van der Waals surface area contributed by atoms with Gasteiger partial charge < -0.3 is 14.8 Å². The minimum atomic E-state index is -0.804. The predicted octanol–water partition coefficient (Wildman–Crippen LogP) is 5.57. The number of hydrogen-bond donors (Lipinski definition) is 1. The number of thiophene rings is 1. The van der Waals surface area contributed by atoms with Gasteiger partial charge in [-0.2, -0.15) is 0 Å². The van der Waals surface area contributed by atoms with Crippen molar-refractivity contribution in [3.63, 3.8) is 0 Å². The first-order valence-corrected chi connectivity index (χ1v) is 10.0. The Morgan fingerprint density at radius 1 is 1.17 bits per heavy atom. The molecule has 1 heterocycles. The van der Waals surface area contributed by atoms with Gasteiger partial charge in [0.15, 0.2) is 6.61 Å². The number of carbonyl (C=O) groups is 2. The van der Waals surface area contributed by atoms with Crippen LogP contribution in [0.3, 0.4) is 0 Å². The molecule has 0 saturated carbocycles. The maximum Gasteiger partial charge on any atom is 0.350 e. The first-order chi connectivity index (χ1) is 14.2. The molecule has 0 aliphatic heterocycles. The van der Waals surface area contributed by atoms with Crippen LogP contribution in [-0.4, -0.2) is 30.5 Å². The number of esters is 1. The lowest BCUT2D eigenvalue weighted by atomic mass is 10.2. The quantitative estimate of drug-likeness (QED) is 0.275. The van der Waals surface area contributed by atoms with Crippen molar-refractivity contribution in [1.29, 1.82) is 0 Å². The molecule has 0 atom stereocenters. The smallest absolute Gasteiger partial charge is 0.350 e. The van der Waals surface area contributed by atoms with Gasteiger partial charge in [-0.25, -0.2) is 4.79 Å². The third-order valence-electron chi connectivity index (χ3n) is 3.88. The molecular weight excluding hydrogens is 479 g/mol. The molecule has 0 spiro atoms. The fourth-order valence-corrected chi connectivity index (χ4v) is 4.47. The summed E-state index contributed by atoms with van der Waals surface area (Å²) < 4.78 is 10.7. The average Bonchev–Trinajstić information content (AvgIpc) is 3.05. The Balaban J connectivity index is 1.70. The molecule has 0 radical (unpaired) electrons. The number of ether oxygens (including phenoxy) is 2. The Labute approximate surface area is 188 Å². The van der Waals surface area contributed by atoms with E-state index in [0.717, 1.165) is 17.4 Å². The molecule has 2 aromatic carbocycles. The van der Waals surface area contributed by atoms with Crippen LogP contribution < -0.4 is 10.1 Å². The fourth-order valence-electron chi connectivity index (χ4n) is 2.47. The number of methoxy groups -OCH3 is 1. The zero-order valence-corrected chi connectivity index (χ0v) is 18.1. The highest BCUT2D eigenvalue weighted by atomic mass is 35.5. The second-order valence-corrected chi connectivity index (χ2v) is 7.93. The molecular formula is C18H11Cl3N2O6S. The third-order valence-corrected chi connectivity index (χ3v) is 6.39. The van der Waals surface area contributed by atoms with Crippen LogP contribution in [0.15, 0.2) is 30.3 Å². The number of nitrogens with one attached hydrogen (secondary N) is 1. The monoisotopic (exact) mass is 488 g/mol. The van der Waals surface area contributed by atoms with Crippen molar-refractivity contribution < 1.29 is 24.0 Å². The lowest BCUT2D eigenvalue weighted by Crippen LogP contribution is -2.20. The average molecular weight is 490 g/mol. The first kappa shape index (κ1) is 22.1. The summed E-state index contributed by atoms with van der Waals surface area (Å²) in [5.41, 5.74) is -0.0822. The molecule has 0 aliphatic carbocycles. The number of fused-ring (bicyclic) bond motifs is 1. The maximum absolute atomic E-state index is 12.4. The maximum atomic E-state index is 12.4. The number of nitrogens with zero attached hydrogens (tertiary/aromatic N) is 1. The van der Waals surface area contributed by atoms with Gasteiger partial charge in [0.05, 0.1) is 32.5 Å². The van der Waals surface area contributed by atoms with E-state index >= 15 is 0 Å². The molecule has 0 bridgehead atoms. The van der Waals surface area contributed by atoms with Crippen molar-refractivity contribution in [3.05, 3.63) is 60.4 Å². The Kier molecular flexibility index (Phi) is 6.67. The van der Waals surface area contributed by atoms with Crippen LogP contribution in [0.25, 0.3) is 10.1 Å². The molecule has 1 N–H and O–H groups in total.